The van der Waals surface area contributed by atoms with Gasteiger partial charge in [-0.1, -0.05) is 12.1 Å². The van der Waals surface area contributed by atoms with Gasteiger partial charge in [0.15, 0.2) is 0 Å². The molecule has 0 spiro atoms. The third-order valence-electron chi connectivity index (χ3n) is 3.69. The van der Waals surface area contributed by atoms with E-state index in [0.29, 0.717) is 5.75 Å². The molecular formula is C15H24N2O. The summed E-state index contributed by atoms with van der Waals surface area (Å²) in [6.07, 6.45) is 2.74. The summed E-state index contributed by atoms with van der Waals surface area (Å²) in [6.45, 7) is 6.91. The Bertz CT molecular complexity index is 390. The number of aryl methyl sites for hydroxylation is 2. The topological polar surface area (TPSA) is 35.5 Å². The van der Waals surface area contributed by atoms with Gasteiger partial charge >= 0.3 is 0 Å². The fourth-order valence-electron chi connectivity index (χ4n) is 2.33. The number of likely N-dealkylation sites (N-methyl/N-ethyl adjacent to an activating group) is 1. The van der Waals surface area contributed by atoms with Gasteiger partial charge in [0.2, 0.25) is 0 Å². The number of phenols is 1. The molecule has 18 heavy (non-hydrogen) atoms. The molecule has 2 N–H and O–H groups in total. The Morgan fingerprint density at radius 3 is 2.44 bits per heavy atom. The van der Waals surface area contributed by atoms with E-state index in [9.17, 15) is 5.11 Å². The third-order valence-corrected chi connectivity index (χ3v) is 3.69. The van der Waals surface area contributed by atoms with Crippen LogP contribution in [-0.2, 0) is 6.54 Å². The normalized spacial score (nSPS) is 15.3. The first kappa shape index (κ1) is 13.4. The quantitative estimate of drug-likeness (QED) is 0.758. The number of phenolic OH excluding ortho intramolecular Hbond substituents is 1. The first-order chi connectivity index (χ1) is 8.58. The lowest BCUT2D eigenvalue weighted by Gasteiger charge is -2.16. The predicted molar refractivity (Wildman–Crippen MR) is 74.9 cm³/mol. The van der Waals surface area contributed by atoms with Crippen LogP contribution in [0.4, 0.5) is 0 Å². The molecule has 1 fully saturated rings. The highest BCUT2D eigenvalue weighted by molar-refractivity contribution is 5.42. The van der Waals surface area contributed by atoms with E-state index in [-0.39, 0.29) is 0 Å². The summed E-state index contributed by atoms with van der Waals surface area (Å²) in [6, 6.07) is 4.95. The third kappa shape index (κ3) is 3.47. The highest BCUT2D eigenvalue weighted by atomic mass is 16.3. The number of rotatable bonds is 6. The van der Waals surface area contributed by atoms with Crippen molar-refractivity contribution in [3.8, 4) is 5.75 Å². The molecule has 0 unspecified atom stereocenters. The van der Waals surface area contributed by atoms with Gasteiger partial charge in [0.05, 0.1) is 0 Å². The smallest absolute Gasteiger partial charge is 0.121 e. The molecule has 0 radical (unpaired) electrons. The Morgan fingerprint density at radius 2 is 1.89 bits per heavy atom. The Hall–Kier alpha value is -1.06. The zero-order valence-electron chi connectivity index (χ0n) is 11.7. The van der Waals surface area contributed by atoms with Crippen molar-refractivity contribution in [3.63, 3.8) is 0 Å². The molecule has 2 rings (SSSR count). The van der Waals surface area contributed by atoms with Gasteiger partial charge in [-0.3, -0.25) is 0 Å². The lowest BCUT2D eigenvalue weighted by molar-refractivity contribution is 0.321. The molecule has 0 aromatic heterocycles. The fourth-order valence-corrected chi connectivity index (χ4v) is 2.33. The fraction of sp³-hybridized carbons (Fsp3) is 0.600. The van der Waals surface area contributed by atoms with Gasteiger partial charge in [0.25, 0.3) is 0 Å². The lowest BCUT2D eigenvalue weighted by Crippen LogP contribution is -2.30. The van der Waals surface area contributed by atoms with Crippen LogP contribution < -0.4 is 5.32 Å². The Kier molecular flexibility index (Phi) is 4.25. The van der Waals surface area contributed by atoms with Crippen LogP contribution in [0.25, 0.3) is 0 Å². The van der Waals surface area contributed by atoms with Crippen molar-refractivity contribution < 1.29 is 5.11 Å². The maximum atomic E-state index is 9.72. The van der Waals surface area contributed by atoms with Gasteiger partial charge in [-0.2, -0.15) is 0 Å². The summed E-state index contributed by atoms with van der Waals surface area (Å²) in [7, 11) is 2.20. The first-order valence-corrected chi connectivity index (χ1v) is 6.78. The highest BCUT2D eigenvalue weighted by Crippen LogP contribution is 2.25. The summed E-state index contributed by atoms with van der Waals surface area (Å²) >= 11 is 0. The van der Waals surface area contributed by atoms with Crippen molar-refractivity contribution in [1.82, 2.24) is 10.2 Å². The van der Waals surface area contributed by atoms with Crippen LogP contribution in [0.5, 0.6) is 5.75 Å². The molecule has 3 nitrogen and oxygen atoms in total. The average Bonchev–Trinajstić information content (AvgIpc) is 3.15. The van der Waals surface area contributed by atoms with Crippen molar-refractivity contribution in [1.29, 1.82) is 0 Å². The van der Waals surface area contributed by atoms with Gasteiger partial charge in [0, 0.05) is 25.7 Å². The number of aromatic hydroxyl groups is 1. The molecule has 3 heteroatoms. The van der Waals surface area contributed by atoms with Crippen LogP contribution in [0, 0.1) is 13.8 Å². The van der Waals surface area contributed by atoms with Gasteiger partial charge in [-0.25, -0.2) is 0 Å². The van der Waals surface area contributed by atoms with E-state index >= 15 is 0 Å². The van der Waals surface area contributed by atoms with Crippen molar-refractivity contribution in [3.05, 3.63) is 28.8 Å². The molecule has 1 aromatic carbocycles. The van der Waals surface area contributed by atoms with Gasteiger partial charge in [0.1, 0.15) is 5.75 Å². The average molecular weight is 248 g/mol. The number of hydrogen-bond donors (Lipinski definition) is 2. The van der Waals surface area contributed by atoms with E-state index in [0.717, 1.165) is 36.8 Å². The predicted octanol–water partition coefficient (Wildman–Crippen LogP) is 2.19. The number of benzene rings is 1. The second kappa shape index (κ2) is 5.72. The minimum atomic E-state index is 0.423. The van der Waals surface area contributed by atoms with Crippen LogP contribution in [0.15, 0.2) is 12.1 Å². The Labute approximate surface area is 110 Å². The SMILES string of the molecule is Cc1cc(CNCCN(C)C2CC2)cc(C)c1O. The summed E-state index contributed by atoms with van der Waals surface area (Å²) in [4.78, 5) is 2.43. The van der Waals surface area contributed by atoms with Crippen LogP contribution in [0.2, 0.25) is 0 Å². The summed E-state index contributed by atoms with van der Waals surface area (Å²) < 4.78 is 0. The van der Waals surface area contributed by atoms with Gasteiger partial charge in [-0.15, -0.1) is 0 Å². The molecule has 1 aromatic rings. The number of nitrogens with zero attached hydrogens (tertiary/aromatic N) is 1. The van der Waals surface area contributed by atoms with Crippen molar-refractivity contribution in [2.75, 3.05) is 20.1 Å². The van der Waals surface area contributed by atoms with Crippen LogP contribution in [0.1, 0.15) is 29.5 Å². The van der Waals surface area contributed by atoms with Gasteiger partial charge < -0.3 is 15.3 Å². The molecule has 100 valence electrons. The monoisotopic (exact) mass is 248 g/mol. The maximum Gasteiger partial charge on any atom is 0.121 e. The largest absolute Gasteiger partial charge is 0.507 e. The van der Waals surface area contributed by atoms with Gasteiger partial charge in [-0.05, 0) is 50.4 Å². The molecule has 1 saturated carbocycles. The lowest BCUT2D eigenvalue weighted by atomic mass is 10.1. The Morgan fingerprint density at radius 1 is 1.28 bits per heavy atom. The van der Waals surface area contributed by atoms with E-state index in [1.165, 1.54) is 18.4 Å². The van der Waals surface area contributed by atoms with Crippen LogP contribution in [0.3, 0.4) is 0 Å². The molecule has 0 amide bonds. The van der Waals surface area contributed by atoms with Crippen LogP contribution >= 0.6 is 0 Å². The Balaban J connectivity index is 1.76. The minimum Gasteiger partial charge on any atom is -0.507 e. The van der Waals surface area contributed by atoms with Crippen LogP contribution in [-0.4, -0.2) is 36.2 Å². The maximum absolute atomic E-state index is 9.72. The van der Waals surface area contributed by atoms with E-state index in [4.69, 9.17) is 0 Å². The minimum absolute atomic E-state index is 0.423. The summed E-state index contributed by atoms with van der Waals surface area (Å²) in [5, 5.41) is 13.2. The summed E-state index contributed by atoms with van der Waals surface area (Å²) in [5.41, 5.74) is 3.17. The zero-order chi connectivity index (χ0) is 13.1. The van der Waals surface area contributed by atoms with Crippen molar-refractivity contribution in [2.45, 2.75) is 39.3 Å². The molecular weight excluding hydrogens is 224 g/mol. The molecule has 0 heterocycles. The molecule has 1 aliphatic carbocycles. The van der Waals surface area contributed by atoms with Crippen molar-refractivity contribution >= 4 is 0 Å². The zero-order valence-corrected chi connectivity index (χ0v) is 11.7. The molecule has 0 atom stereocenters. The van der Waals surface area contributed by atoms with Crippen molar-refractivity contribution in [2.24, 2.45) is 0 Å². The van der Waals surface area contributed by atoms with E-state index in [1.54, 1.807) is 0 Å². The summed E-state index contributed by atoms with van der Waals surface area (Å²) in [5.74, 6) is 0.423. The molecule has 0 bridgehead atoms. The first-order valence-electron chi connectivity index (χ1n) is 6.78. The molecule has 1 aliphatic rings. The molecule has 0 saturated heterocycles. The van der Waals surface area contributed by atoms with E-state index < -0.39 is 0 Å². The second-order valence-corrected chi connectivity index (χ2v) is 5.47. The number of nitrogens with one attached hydrogen (secondary N) is 1. The van der Waals surface area contributed by atoms with E-state index in [2.05, 4.69) is 29.4 Å². The van der Waals surface area contributed by atoms with E-state index in [1.807, 2.05) is 13.8 Å². The standard InChI is InChI=1S/C15H24N2O/c1-11-8-13(9-12(2)15(11)18)10-16-6-7-17(3)14-4-5-14/h8-9,14,16,18H,4-7,10H2,1-3H3. The highest BCUT2D eigenvalue weighted by Gasteiger charge is 2.25. The molecule has 0 aliphatic heterocycles. The number of hydrogen-bond acceptors (Lipinski definition) is 3. The second-order valence-electron chi connectivity index (χ2n) is 5.47.